The number of nitrogens with one attached hydrogen (secondary N) is 1. The topological polar surface area (TPSA) is 69.0 Å². The Balaban J connectivity index is 1.59. The summed E-state index contributed by atoms with van der Waals surface area (Å²) in [5.41, 5.74) is 3.07. The van der Waals surface area contributed by atoms with Crippen molar-refractivity contribution in [2.75, 3.05) is 11.1 Å². The first-order valence-electron chi connectivity index (χ1n) is 9.05. The fourth-order valence-electron chi connectivity index (χ4n) is 2.76. The molecular weight excluding hydrogens is 372 g/mol. The average Bonchev–Trinajstić information content (AvgIpc) is 3.05. The van der Waals surface area contributed by atoms with Crippen LogP contribution < -0.4 is 10.1 Å². The summed E-state index contributed by atoms with van der Waals surface area (Å²) in [7, 11) is 1.88. The molecule has 1 atom stereocenters. The first kappa shape index (κ1) is 19.9. The van der Waals surface area contributed by atoms with Gasteiger partial charge in [0.25, 0.3) is 0 Å². The van der Waals surface area contributed by atoms with E-state index in [9.17, 15) is 4.79 Å². The summed E-state index contributed by atoms with van der Waals surface area (Å²) in [6.07, 6.45) is -0.252. The number of thioether (sulfide) groups is 1. The molecule has 28 heavy (non-hydrogen) atoms. The zero-order chi connectivity index (χ0) is 20.1. The van der Waals surface area contributed by atoms with Crippen molar-refractivity contribution in [1.29, 1.82) is 0 Å². The highest BCUT2D eigenvalue weighted by Crippen LogP contribution is 2.24. The molecule has 2 aromatic carbocycles. The molecule has 3 aromatic rings. The molecule has 1 heterocycles. The standard InChI is InChI=1S/C21H24N4O2S/c1-14-9-8-12-18(15(14)2)22-19(26)13-28-21-24-23-20(25(21)4)16(3)27-17-10-6-5-7-11-17/h5-12,16H,13H2,1-4H3,(H,22,26)/t16-/m1/s1. The maximum absolute atomic E-state index is 12.3. The number of para-hydroxylation sites is 1. The molecule has 1 N–H and O–H groups in total. The van der Waals surface area contributed by atoms with E-state index in [0.717, 1.165) is 22.6 Å². The van der Waals surface area contributed by atoms with E-state index in [1.165, 1.54) is 11.8 Å². The summed E-state index contributed by atoms with van der Waals surface area (Å²) >= 11 is 1.35. The van der Waals surface area contributed by atoms with E-state index in [4.69, 9.17) is 4.74 Å². The van der Waals surface area contributed by atoms with Gasteiger partial charge in [-0.2, -0.15) is 0 Å². The van der Waals surface area contributed by atoms with Crippen molar-refractivity contribution in [3.05, 3.63) is 65.5 Å². The third kappa shape index (κ3) is 4.72. The lowest BCUT2D eigenvalue weighted by molar-refractivity contribution is -0.113. The molecule has 0 aliphatic heterocycles. The molecule has 146 valence electrons. The normalized spacial score (nSPS) is 11.9. The second-order valence-electron chi connectivity index (χ2n) is 6.56. The van der Waals surface area contributed by atoms with Gasteiger partial charge in [-0.1, -0.05) is 42.1 Å². The van der Waals surface area contributed by atoms with Gasteiger partial charge in [0.15, 0.2) is 17.1 Å². The fraction of sp³-hybridized carbons (Fsp3) is 0.286. The van der Waals surface area contributed by atoms with Gasteiger partial charge >= 0.3 is 0 Å². The number of carbonyl (C=O) groups is 1. The number of rotatable bonds is 7. The summed E-state index contributed by atoms with van der Waals surface area (Å²) in [5.74, 6) is 1.67. The Morgan fingerprint density at radius 1 is 1.14 bits per heavy atom. The minimum atomic E-state index is -0.252. The van der Waals surface area contributed by atoms with Crippen LogP contribution in [0.15, 0.2) is 53.7 Å². The molecule has 1 aromatic heterocycles. The van der Waals surface area contributed by atoms with Crippen LogP contribution in [0.3, 0.4) is 0 Å². The second-order valence-corrected chi connectivity index (χ2v) is 7.50. The Hall–Kier alpha value is -2.80. The number of anilines is 1. The van der Waals surface area contributed by atoms with Gasteiger partial charge in [0.05, 0.1) is 5.75 Å². The number of hydrogen-bond acceptors (Lipinski definition) is 5. The van der Waals surface area contributed by atoms with Gasteiger partial charge < -0.3 is 14.6 Å². The first-order chi connectivity index (χ1) is 13.5. The molecule has 0 bridgehead atoms. The second kappa shape index (κ2) is 8.93. The molecule has 0 radical (unpaired) electrons. The molecule has 1 amide bonds. The molecule has 0 aliphatic rings. The van der Waals surface area contributed by atoms with Crippen LogP contribution in [0.25, 0.3) is 0 Å². The van der Waals surface area contributed by atoms with Crippen LogP contribution in [0, 0.1) is 13.8 Å². The minimum absolute atomic E-state index is 0.0724. The fourth-order valence-corrected chi connectivity index (χ4v) is 3.48. The lowest BCUT2D eigenvalue weighted by Gasteiger charge is -2.14. The van der Waals surface area contributed by atoms with E-state index in [-0.39, 0.29) is 17.8 Å². The van der Waals surface area contributed by atoms with Crippen LogP contribution >= 0.6 is 11.8 Å². The van der Waals surface area contributed by atoms with Crippen LogP contribution in [-0.2, 0) is 11.8 Å². The number of benzene rings is 2. The largest absolute Gasteiger partial charge is 0.483 e. The Labute approximate surface area is 169 Å². The SMILES string of the molecule is Cc1cccc(NC(=O)CSc2nnc([C@@H](C)Oc3ccccc3)n2C)c1C. The first-order valence-corrected chi connectivity index (χ1v) is 10.0. The Morgan fingerprint density at radius 3 is 2.64 bits per heavy atom. The van der Waals surface area contributed by atoms with Gasteiger partial charge in [-0.05, 0) is 50.1 Å². The Kier molecular flexibility index (Phi) is 6.36. The van der Waals surface area contributed by atoms with Crippen molar-refractivity contribution in [1.82, 2.24) is 14.8 Å². The summed E-state index contributed by atoms with van der Waals surface area (Å²) in [6, 6.07) is 15.5. The number of amides is 1. The number of carbonyl (C=O) groups excluding carboxylic acids is 1. The average molecular weight is 397 g/mol. The highest BCUT2D eigenvalue weighted by molar-refractivity contribution is 7.99. The number of aromatic nitrogens is 3. The smallest absolute Gasteiger partial charge is 0.234 e. The molecule has 0 unspecified atom stereocenters. The van der Waals surface area contributed by atoms with Crippen molar-refractivity contribution in [2.24, 2.45) is 7.05 Å². The van der Waals surface area contributed by atoms with Gasteiger partial charge in [0.2, 0.25) is 5.91 Å². The van der Waals surface area contributed by atoms with E-state index in [1.807, 2.05) is 80.9 Å². The third-order valence-electron chi connectivity index (χ3n) is 4.50. The maximum atomic E-state index is 12.3. The zero-order valence-electron chi connectivity index (χ0n) is 16.5. The quantitative estimate of drug-likeness (QED) is 0.603. The molecule has 0 aliphatic carbocycles. The van der Waals surface area contributed by atoms with Gasteiger partial charge in [0.1, 0.15) is 5.75 Å². The van der Waals surface area contributed by atoms with E-state index < -0.39 is 0 Å². The summed E-state index contributed by atoms with van der Waals surface area (Å²) in [5, 5.41) is 12.1. The number of aryl methyl sites for hydroxylation is 1. The lowest BCUT2D eigenvalue weighted by Crippen LogP contribution is -2.15. The Bertz CT molecular complexity index is 956. The Morgan fingerprint density at radius 2 is 1.89 bits per heavy atom. The van der Waals surface area contributed by atoms with Gasteiger partial charge in [-0.25, -0.2) is 0 Å². The summed E-state index contributed by atoms with van der Waals surface area (Å²) in [6.45, 7) is 5.96. The maximum Gasteiger partial charge on any atom is 0.234 e. The molecular formula is C21H24N4O2S. The lowest BCUT2D eigenvalue weighted by atomic mass is 10.1. The highest BCUT2D eigenvalue weighted by Gasteiger charge is 2.18. The van der Waals surface area contributed by atoms with Crippen molar-refractivity contribution in [2.45, 2.75) is 32.0 Å². The minimum Gasteiger partial charge on any atom is -0.483 e. The number of hydrogen-bond donors (Lipinski definition) is 1. The molecule has 7 heteroatoms. The monoisotopic (exact) mass is 396 g/mol. The number of ether oxygens (including phenoxy) is 1. The van der Waals surface area contributed by atoms with Crippen molar-refractivity contribution in [3.63, 3.8) is 0 Å². The van der Waals surface area contributed by atoms with Crippen LogP contribution in [0.4, 0.5) is 5.69 Å². The molecule has 3 rings (SSSR count). The number of nitrogens with zero attached hydrogens (tertiary/aromatic N) is 3. The van der Waals surface area contributed by atoms with Crippen molar-refractivity contribution in [3.8, 4) is 5.75 Å². The molecule has 0 saturated carbocycles. The van der Waals surface area contributed by atoms with E-state index in [0.29, 0.717) is 11.0 Å². The molecule has 0 fully saturated rings. The third-order valence-corrected chi connectivity index (χ3v) is 5.52. The van der Waals surface area contributed by atoms with Crippen molar-refractivity contribution >= 4 is 23.4 Å². The van der Waals surface area contributed by atoms with Crippen LogP contribution in [0.5, 0.6) is 5.75 Å². The van der Waals surface area contributed by atoms with Crippen molar-refractivity contribution < 1.29 is 9.53 Å². The summed E-state index contributed by atoms with van der Waals surface area (Å²) in [4.78, 5) is 12.3. The van der Waals surface area contributed by atoms with Crippen LogP contribution in [0.1, 0.15) is 30.0 Å². The van der Waals surface area contributed by atoms with Gasteiger partial charge in [-0.3, -0.25) is 4.79 Å². The molecule has 0 spiro atoms. The van der Waals surface area contributed by atoms with Crippen LogP contribution in [-0.4, -0.2) is 26.4 Å². The van der Waals surface area contributed by atoms with E-state index >= 15 is 0 Å². The predicted molar refractivity (Wildman–Crippen MR) is 112 cm³/mol. The predicted octanol–water partition coefficient (Wildman–Crippen LogP) is 4.30. The summed E-state index contributed by atoms with van der Waals surface area (Å²) < 4.78 is 7.78. The zero-order valence-corrected chi connectivity index (χ0v) is 17.3. The van der Waals surface area contributed by atoms with Gasteiger partial charge in [-0.15, -0.1) is 10.2 Å². The molecule has 6 nitrogen and oxygen atoms in total. The van der Waals surface area contributed by atoms with E-state index in [2.05, 4.69) is 15.5 Å². The van der Waals surface area contributed by atoms with Crippen LogP contribution in [0.2, 0.25) is 0 Å². The van der Waals surface area contributed by atoms with E-state index in [1.54, 1.807) is 0 Å². The molecule has 0 saturated heterocycles. The highest BCUT2D eigenvalue weighted by atomic mass is 32.2. The van der Waals surface area contributed by atoms with Gasteiger partial charge in [0, 0.05) is 12.7 Å².